The molecule has 0 spiro atoms. The summed E-state index contributed by atoms with van der Waals surface area (Å²) in [6.45, 7) is -0.00834. The van der Waals surface area contributed by atoms with Crippen molar-refractivity contribution in [3.05, 3.63) is 45.9 Å². The molecule has 0 atom stereocenters. The summed E-state index contributed by atoms with van der Waals surface area (Å²) in [5.74, 6) is -0.912. The highest BCUT2D eigenvalue weighted by Gasteiger charge is 2.30. The van der Waals surface area contributed by atoms with Crippen molar-refractivity contribution < 1.29 is 27.8 Å². The van der Waals surface area contributed by atoms with Gasteiger partial charge in [0, 0.05) is 5.38 Å². The number of thiazole rings is 1. The fourth-order valence-electron chi connectivity index (χ4n) is 1.56. The van der Waals surface area contributed by atoms with Gasteiger partial charge in [-0.3, -0.25) is 4.79 Å². The lowest BCUT2D eigenvalue weighted by Gasteiger charge is -2.09. The van der Waals surface area contributed by atoms with E-state index in [-0.39, 0.29) is 18.8 Å². The van der Waals surface area contributed by atoms with Gasteiger partial charge in [-0.1, -0.05) is 6.07 Å². The summed E-state index contributed by atoms with van der Waals surface area (Å²) in [6.07, 6.45) is -4.62. The van der Waals surface area contributed by atoms with Crippen molar-refractivity contribution in [3.63, 3.8) is 0 Å². The first-order chi connectivity index (χ1) is 9.84. The largest absolute Gasteiger partial charge is 0.486 e. The molecule has 0 fully saturated rings. The molecule has 0 radical (unpaired) electrons. The van der Waals surface area contributed by atoms with E-state index in [1.165, 1.54) is 23.5 Å². The van der Waals surface area contributed by atoms with E-state index in [4.69, 9.17) is 9.84 Å². The van der Waals surface area contributed by atoms with Crippen molar-refractivity contribution in [1.29, 1.82) is 0 Å². The molecule has 0 aliphatic rings. The van der Waals surface area contributed by atoms with Gasteiger partial charge in [0.2, 0.25) is 0 Å². The number of nitrogens with zero attached hydrogens (tertiary/aromatic N) is 1. The molecule has 0 saturated carbocycles. The minimum atomic E-state index is -4.42. The number of alkyl halides is 3. The van der Waals surface area contributed by atoms with E-state index in [0.717, 1.165) is 12.1 Å². The Bertz CT molecular complexity index is 640. The van der Waals surface area contributed by atoms with Gasteiger partial charge in [-0.15, -0.1) is 11.3 Å². The highest BCUT2D eigenvalue weighted by molar-refractivity contribution is 7.09. The van der Waals surface area contributed by atoms with E-state index in [1.54, 1.807) is 5.38 Å². The predicted octanol–water partition coefficient (Wildman–Crippen LogP) is 3.37. The van der Waals surface area contributed by atoms with Gasteiger partial charge in [-0.05, 0) is 18.2 Å². The maximum Gasteiger partial charge on any atom is 0.416 e. The quantitative estimate of drug-likeness (QED) is 0.918. The van der Waals surface area contributed by atoms with Crippen molar-refractivity contribution in [2.75, 3.05) is 0 Å². The monoisotopic (exact) mass is 317 g/mol. The van der Waals surface area contributed by atoms with Crippen molar-refractivity contribution in [2.45, 2.75) is 19.2 Å². The number of carboxylic acid groups (broad SMARTS) is 1. The van der Waals surface area contributed by atoms with E-state index >= 15 is 0 Å². The zero-order valence-corrected chi connectivity index (χ0v) is 11.4. The summed E-state index contributed by atoms with van der Waals surface area (Å²) in [5.41, 5.74) is -0.388. The van der Waals surface area contributed by atoms with Crippen LogP contribution in [-0.2, 0) is 24.0 Å². The number of rotatable bonds is 5. The number of aliphatic carboxylic acids is 1. The topological polar surface area (TPSA) is 59.4 Å². The van der Waals surface area contributed by atoms with E-state index in [0.29, 0.717) is 10.7 Å². The van der Waals surface area contributed by atoms with Gasteiger partial charge in [0.15, 0.2) is 0 Å². The minimum Gasteiger partial charge on any atom is -0.486 e. The molecule has 2 aromatic rings. The highest BCUT2D eigenvalue weighted by atomic mass is 32.1. The number of ether oxygens (including phenoxy) is 1. The molecule has 1 aromatic heterocycles. The first kappa shape index (κ1) is 15.3. The molecule has 0 aliphatic heterocycles. The van der Waals surface area contributed by atoms with Crippen LogP contribution in [0.5, 0.6) is 5.75 Å². The van der Waals surface area contributed by atoms with Crippen LogP contribution in [0.25, 0.3) is 0 Å². The number of benzene rings is 1. The molecular formula is C13H10F3NO3S. The fourth-order valence-corrected chi connectivity index (χ4v) is 2.26. The van der Waals surface area contributed by atoms with Crippen LogP contribution in [0.2, 0.25) is 0 Å². The average molecular weight is 317 g/mol. The number of hydrogen-bond donors (Lipinski definition) is 1. The molecule has 0 aliphatic carbocycles. The number of carbonyl (C=O) groups is 1. The molecule has 21 heavy (non-hydrogen) atoms. The van der Waals surface area contributed by atoms with Gasteiger partial charge in [0.05, 0.1) is 17.7 Å². The molecule has 4 nitrogen and oxygen atoms in total. The van der Waals surface area contributed by atoms with Crippen LogP contribution in [0, 0.1) is 0 Å². The molecule has 2 rings (SSSR count). The second-order valence-corrected chi connectivity index (χ2v) is 5.06. The maximum atomic E-state index is 12.5. The van der Waals surface area contributed by atoms with Gasteiger partial charge in [0.1, 0.15) is 17.4 Å². The Morgan fingerprint density at radius 3 is 2.81 bits per heavy atom. The normalized spacial score (nSPS) is 11.4. The third-order valence-electron chi connectivity index (χ3n) is 2.46. The maximum absolute atomic E-state index is 12.5. The van der Waals surface area contributed by atoms with Crippen LogP contribution in [0.15, 0.2) is 29.6 Å². The Labute approximate surface area is 121 Å². The zero-order chi connectivity index (χ0) is 15.5. The molecule has 0 unspecified atom stereocenters. The lowest BCUT2D eigenvalue weighted by molar-refractivity contribution is -0.138. The van der Waals surface area contributed by atoms with Crippen LogP contribution < -0.4 is 4.74 Å². The van der Waals surface area contributed by atoms with E-state index < -0.39 is 17.7 Å². The van der Waals surface area contributed by atoms with Crippen LogP contribution in [0.1, 0.15) is 16.3 Å². The van der Waals surface area contributed by atoms with Crippen molar-refractivity contribution in [3.8, 4) is 5.75 Å². The molecule has 1 aromatic carbocycles. The van der Waals surface area contributed by atoms with Crippen LogP contribution in [0.3, 0.4) is 0 Å². The summed E-state index contributed by atoms with van der Waals surface area (Å²) in [4.78, 5) is 14.5. The van der Waals surface area contributed by atoms with Crippen LogP contribution in [-0.4, -0.2) is 16.1 Å². The fraction of sp³-hybridized carbons (Fsp3) is 0.231. The SMILES string of the molecule is O=C(O)Cc1csc(COc2cccc(C(F)(F)F)c2)n1. The van der Waals surface area contributed by atoms with Gasteiger partial charge in [-0.2, -0.15) is 13.2 Å². The smallest absolute Gasteiger partial charge is 0.416 e. The lowest BCUT2D eigenvalue weighted by atomic mass is 10.2. The van der Waals surface area contributed by atoms with Crippen LogP contribution >= 0.6 is 11.3 Å². The summed E-state index contributed by atoms with van der Waals surface area (Å²) in [6, 6.07) is 4.55. The standard InChI is InChI=1S/C13H10F3NO3S/c14-13(15,16)8-2-1-3-10(4-8)20-6-11-17-9(7-21-11)5-12(18)19/h1-4,7H,5-6H2,(H,18,19). The number of aromatic nitrogens is 1. The van der Waals surface area contributed by atoms with Gasteiger partial charge in [-0.25, -0.2) is 4.98 Å². The number of carboxylic acids is 1. The molecule has 0 saturated heterocycles. The first-order valence-electron chi connectivity index (χ1n) is 5.80. The van der Waals surface area contributed by atoms with E-state index in [2.05, 4.69) is 4.98 Å². The summed E-state index contributed by atoms with van der Waals surface area (Å²) < 4.78 is 42.9. The van der Waals surface area contributed by atoms with Gasteiger partial charge in [0.25, 0.3) is 0 Å². The third kappa shape index (κ3) is 4.45. The highest BCUT2D eigenvalue weighted by Crippen LogP contribution is 2.31. The molecule has 0 bridgehead atoms. The lowest BCUT2D eigenvalue weighted by Crippen LogP contribution is -2.05. The summed E-state index contributed by atoms with van der Waals surface area (Å²) in [5, 5.41) is 10.7. The summed E-state index contributed by atoms with van der Waals surface area (Å²) >= 11 is 1.20. The number of hydrogen-bond acceptors (Lipinski definition) is 4. The Kier molecular flexibility index (Phi) is 4.46. The second-order valence-electron chi connectivity index (χ2n) is 4.12. The first-order valence-corrected chi connectivity index (χ1v) is 6.67. The molecule has 112 valence electrons. The average Bonchev–Trinajstić information content (AvgIpc) is 2.82. The Balaban J connectivity index is 2.00. The van der Waals surface area contributed by atoms with E-state index in [9.17, 15) is 18.0 Å². The molecule has 1 N–H and O–H groups in total. The van der Waals surface area contributed by atoms with Crippen molar-refractivity contribution >= 4 is 17.3 Å². The molecule has 0 amide bonds. The molecular weight excluding hydrogens is 307 g/mol. The molecule has 8 heteroatoms. The second kappa shape index (κ2) is 6.13. The van der Waals surface area contributed by atoms with Crippen molar-refractivity contribution in [1.82, 2.24) is 4.98 Å². The third-order valence-corrected chi connectivity index (χ3v) is 3.33. The number of halogens is 3. The molecule has 1 heterocycles. The van der Waals surface area contributed by atoms with Gasteiger partial charge >= 0.3 is 12.1 Å². The Morgan fingerprint density at radius 2 is 2.14 bits per heavy atom. The Hall–Kier alpha value is -2.09. The van der Waals surface area contributed by atoms with Crippen molar-refractivity contribution in [2.24, 2.45) is 0 Å². The summed E-state index contributed by atoms with van der Waals surface area (Å²) in [7, 11) is 0. The Morgan fingerprint density at radius 1 is 1.38 bits per heavy atom. The predicted molar refractivity (Wildman–Crippen MR) is 69.2 cm³/mol. The van der Waals surface area contributed by atoms with E-state index in [1.807, 2.05) is 0 Å². The van der Waals surface area contributed by atoms with Gasteiger partial charge < -0.3 is 9.84 Å². The van der Waals surface area contributed by atoms with Crippen LogP contribution in [0.4, 0.5) is 13.2 Å². The zero-order valence-electron chi connectivity index (χ0n) is 10.6. The minimum absolute atomic E-state index is 0.00834.